The first kappa shape index (κ1) is 10.5. The molecule has 4 heteroatoms. The normalized spacial score (nSPS) is 9.69. The SMILES string of the molecule is CCONC(=O)c1ccccc1I. The number of hydroxylamine groups is 1. The highest BCUT2D eigenvalue weighted by atomic mass is 127. The van der Waals surface area contributed by atoms with Gasteiger partial charge in [0.25, 0.3) is 5.91 Å². The Hall–Kier alpha value is -0.620. The maximum absolute atomic E-state index is 11.4. The number of hydrogen-bond acceptors (Lipinski definition) is 2. The van der Waals surface area contributed by atoms with Crippen molar-refractivity contribution in [3.63, 3.8) is 0 Å². The molecule has 0 aromatic heterocycles. The maximum atomic E-state index is 11.4. The molecule has 0 fully saturated rings. The van der Waals surface area contributed by atoms with E-state index in [9.17, 15) is 4.79 Å². The second kappa shape index (κ2) is 5.18. The van der Waals surface area contributed by atoms with Gasteiger partial charge in [0.05, 0.1) is 12.2 Å². The van der Waals surface area contributed by atoms with Gasteiger partial charge in [-0.25, -0.2) is 5.48 Å². The number of rotatable bonds is 3. The van der Waals surface area contributed by atoms with E-state index in [0.29, 0.717) is 12.2 Å². The molecule has 1 aromatic carbocycles. The summed E-state index contributed by atoms with van der Waals surface area (Å²) in [6.07, 6.45) is 0. The standard InChI is InChI=1S/C9H10INO2/c1-2-13-11-9(12)7-5-3-4-6-8(7)10/h3-6H,2H2,1H3,(H,11,12). The zero-order valence-corrected chi connectivity index (χ0v) is 9.37. The highest BCUT2D eigenvalue weighted by molar-refractivity contribution is 14.1. The van der Waals surface area contributed by atoms with Gasteiger partial charge in [-0.15, -0.1) is 0 Å². The van der Waals surface area contributed by atoms with E-state index in [1.54, 1.807) is 6.07 Å². The van der Waals surface area contributed by atoms with Crippen molar-refractivity contribution in [3.05, 3.63) is 33.4 Å². The Morgan fingerprint density at radius 1 is 1.54 bits per heavy atom. The van der Waals surface area contributed by atoms with Gasteiger partial charge in [0.1, 0.15) is 0 Å². The summed E-state index contributed by atoms with van der Waals surface area (Å²) in [5, 5.41) is 0. The second-order valence-electron chi connectivity index (χ2n) is 2.34. The predicted octanol–water partition coefficient (Wildman–Crippen LogP) is 1.97. The van der Waals surface area contributed by atoms with Crippen LogP contribution in [0, 0.1) is 3.57 Å². The number of amides is 1. The van der Waals surface area contributed by atoms with E-state index in [-0.39, 0.29) is 5.91 Å². The van der Waals surface area contributed by atoms with E-state index < -0.39 is 0 Å². The number of carbonyl (C=O) groups is 1. The highest BCUT2D eigenvalue weighted by Crippen LogP contribution is 2.10. The van der Waals surface area contributed by atoms with Crippen LogP contribution in [-0.4, -0.2) is 12.5 Å². The summed E-state index contributed by atoms with van der Waals surface area (Å²) in [6, 6.07) is 7.35. The summed E-state index contributed by atoms with van der Waals surface area (Å²) in [4.78, 5) is 16.2. The van der Waals surface area contributed by atoms with Crippen LogP contribution in [0.5, 0.6) is 0 Å². The summed E-state index contributed by atoms with van der Waals surface area (Å²) in [7, 11) is 0. The lowest BCUT2D eigenvalue weighted by Crippen LogP contribution is -2.24. The molecule has 0 saturated heterocycles. The fourth-order valence-electron chi connectivity index (χ4n) is 0.838. The largest absolute Gasteiger partial charge is 0.275 e. The lowest BCUT2D eigenvalue weighted by molar-refractivity contribution is 0.0363. The Kier molecular flexibility index (Phi) is 4.17. The first-order chi connectivity index (χ1) is 6.25. The molecule has 1 N–H and O–H groups in total. The van der Waals surface area contributed by atoms with Crippen molar-refractivity contribution in [2.75, 3.05) is 6.61 Å². The van der Waals surface area contributed by atoms with Crippen molar-refractivity contribution in [2.24, 2.45) is 0 Å². The molecule has 70 valence electrons. The summed E-state index contributed by atoms with van der Waals surface area (Å²) < 4.78 is 0.914. The van der Waals surface area contributed by atoms with Crippen molar-refractivity contribution in [2.45, 2.75) is 6.92 Å². The molecule has 0 aliphatic carbocycles. The van der Waals surface area contributed by atoms with Crippen LogP contribution in [0.25, 0.3) is 0 Å². The summed E-state index contributed by atoms with van der Waals surface area (Å²) in [5.74, 6) is -0.202. The average molecular weight is 291 g/mol. The minimum atomic E-state index is -0.202. The highest BCUT2D eigenvalue weighted by Gasteiger charge is 2.07. The predicted molar refractivity (Wildman–Crippen MR) is 58.3 cm³/mol. The van der Waals surface area contributed by atoms with Crippen molar-refractivity contribution >= 4 is 28.5 Å². The van der Waals surface area contributed by atoms with Gasteiger partial charge in [0.2, 0.25) is 0 Å². The fraction of sp³-hybridized carbons (Fsp3) is 0.222. The molecule has 1 rings (SSSR count). The first-order valence-electron chi connectivity index (χ1n) is 3.92. The van der Waals surface area contributed by atoms with Crippen LogP contribution in [0.2, 0.25) is 0 Å². The first-order valence-corrected chi connectivity index (χ1v) is 5.00. The maximum Gasteiger partial charge on any atom is 0.275 e. The van der Waals surface area contributed by atoms with Crippen LogP contribution in [0.4, 0.5) is 0 Å². The van der Waals surface area contributed by atoms with Gasteiger partial charge in [0.15, 0.2) is 0 Å². The molecular weight excluding hydrogens is 281 g/mol. The van der Waals surface area contributed by atoms with Gasteiger partial charge in [-0.05, 0) is 41.6 Å². The second-order valence-corrected chi connectivity index (χ2v) is 3.51. The quantitative estimate of drug-likeness (QED) is 0.683. The third-order valence-corrected chi connectivity index (χ3v) is 2.37. The molecule has 0 aliphatic heterocycles. The third kappa shape index (κ3) is 2.96. The van der Waals surface area contributed by atoms with E-state index in [0.717, 1.165) is 3.57 Å². The lowest BCUT2D eigenvalue weighted by Gasteiger charge is -2.04. The van der Waals surface area contributed by atoms with Crippen molar-refractivity contribution in [3.8, 4) is 0 Å². The molecular formula is C9H10INO2. The number of halogens is 1. The molecule has 0 heterocycles. The molecule has 0 unspecified atom stereocenters. The lowest BCUT2D eigenvalue weighted by atomic mass is 10.2. The molecule has 3 nitrogen and oxygen atoms in total. The smallest absolute Gasteiger partial charge is 0.274 e. The zero-order valence-electron chi connectivity index (χ0n) is 7.21. The van der Waals surface area contributed by atoms with E-state index in [1.165, 1.54) is 0 Å². The fourth-order valence-corrected chi connectivity index (χ4v) is 1.47. The number of carbonyl (C=O) groups excluding carboxylic acids is 1. The molecule has 13 heavy (non-hydrogen) atoms. The number of nitrogens with one attached hydrogen (secondary N) is 1. The van der Waals surface area contributed by atoms with Crippen LogP contribution in [0.3, 0.4) is 0 Å². The molecule has 0 atom stereocenters. The molecule has 0 spiro atoms. The van der Waals surface area contributed by atoms with Crippen LogP contribution in [0.15, 0.2) is 24.3 Å². The summed E-state index contributed by atoms with van der Waals surface area (Å²) in [6.45, 7) is 2.28. The minimum Gasteiger partial charge on any atom is -0.274 e. The van der Waals surface area contributed by atoms with E-state index in [2.05, 4.69) is 28.1 Å². The monoisotopic (exact) mass is 291 g/mol. The van der Waals surface area contributed by atoms with E-state index >= 15 is 0 Å². The molecule has 0 aliphatic rings. The van der Waals surface area contributed by atoms with Gasteiger partial charge in [0, 0.05) is 3.57 Å². The zero-order chi connectivity index (χ0) is 9.68. The molecule has 0 radical (unpaired) electrons. The number of hydrogen-bond donors (Lipinski definition) is 1. The average Bonchev–Trinajstić information content (AvgIpc) is 2.15. The molecule has 0 bridgehead atoms. The third-order valence-electron chi connectivity index (χ3n) is 1.43. The van der Waals surface area contributed by atoms with E-state index in [1.807, 2.05) is 25.1 Å². The van der Waals surface area contributed by atoms with Gasteiger partial charge in [-0.1, -0.05) is 12.1 Å². The summed E-state index contributed by atoms with van der Waals surface area (Å²) in [5.41, 5.74) is 2.98. The molecule has 1 aromatic rings. The van der Waals surface area contributed by atoms with Crippen LogP contribution < -0.4 is 5.48 Å². The molecule has 1 amide bonds. The van der Waals surface area contributed by atoms with Crippen molar-refractivity contribution < 1.29 is 9.63 Å². The summed E-state index contributed by atoms with van der Waals surface area (Å²) >= 11 is 2.11. The molecule has 0 saturated carbocycles. The van der Waals surface area contributed by atoms with Gasteiger partial charge in [-0.2, -0.15) is 0 Å². The van der Waals surface area contributed by atoms with Crippen LogP contribution in [-0.2, 0) is 4.84 Å². The Morgan fingerprint density at radius 3 is 2.85 bits per heavy atom. The van der Waals surface area contributed by atoms with Crippen LogP contribution >= 0.6 is 22.6 Å². The number of benzene rings is 1. The Balaban J connectivity index is 2.71. The Labute approximate surface area is 90.6 Å². The Bertz CT molecular complexity index is 301. The van der Waals surface area contributed by atoms with Gasteiger partial charge >= 0.3 is 0 Å². The Morgan fingerprint density at radius 2 is 2.23 bits per heavy atom. The van der Waals surface area contributed by atoms with Crippen LogP contribution in [0.1, 0.15) is 17.3 Å². The van der Waals surface area contributed by atoms with Crippen molar-refractivity contribution in [1.82, 2.24) is 5.48 Å². The van der Waals surface area contributed by atoms with Gasteiger partial charge < -0.3 is 0 Å². The van der Waals surface area contributed by atoms with Crippen molar-refractivity contribution in [1.29, 1.82) is 0 Å². The van der Waals surface area contributed by atoms with Gasteiger partial charge in [-0.3, -0.25) is 9.63 Å². The minimum absolute atomic E-state index is 0.202. The van der Waals surface area contributed by atoms with E-state index in [4.69, 9.17) is 4.84 Å². The topological polar surface area (TPSA) is 38.3 Å².